The Kier molecular flexibility index (Phi) is 6.89. The minimum atomic E-state index is -0.535. The van der Waals surface area contributed by atoms with E-state index >= 15 is 0 Å². The van der Waals surface area contributed by atoms with Crippen molar-refractivity contribution >= 4 is 11.8 Å². The molecule has 0 saturated carbocycles. The molecule has 2 atom stereocenters. The van der Waals surface area contributed by atoms with Crippen molar-refractivity contribution in [3.8, 4) is 11.3 Å². The maximum absolute atomic E-state index is 13.5. The molecule has 2 aromatic rings. The first-order chi connectivity index (χ1) is 15.4. The minimum Gasteiger partial charge on any atom is -0.381 e. The molecule has 8 heteroatoms. The summed E-state index contributed by atoms with van der Waals surface area (Å²) < 4.78 is 24.1. The molecule has 2 saturated heterocycles. The van der Waals surface area contributed by atoms with Crippen LogP contribution in [0.25, 0.3) is 11.3 Å². The van der Waals surface area contributed by atoms with Crippen LogP contribution in [0.15, 0.2) is 34.9 Å². The highest BCUT2D eigenvalue weighted by Gasteiger charge is 2.41. The number of ether oxygens (including phenoxy) is 1. The van der Waals surface area contributed by atoms with Gasteiger partial charge in [0.15, 0.2) is 11.5 Å². The Hall–Kier alpha value is -2.74. The van der Waals surface area contributed by atoms with E-state index in [0.29, 0.717) is 43.4 Å². The molecule has 0 radical (unpaired) electrons. The standard InChI is InChI=1S/C24H30FN3O4/c1-15(2)3-8-21-23(29)26-20(16-9-11-31-12-10-16)14-28(21)24(30)19-13-22(32-27-19)17-4-6-18(25)7-5-17/h4-7,13,15-16,20-21H,3,8-12,14H2,1-2H3,(H,26,29). The lowest BCUT2D eigenvalue weighted by Gasteiger charge is -2.43. The van der Waals surface area contributed by atoms with Gasteiger partial charge in [-0.25, -0.2) is 4.39 Å². The van der Waals surface area contributed by atoms with Gasteiger partial charge in [-0.05, 0) is 61.8 Å². The number of carbonyl (C=O) groups is 2. The van der Waals surface area contributed by atoms with E-state index in [2.05, 4.69) is 24.3 Å². The van der Waals surface area contributed by atoms with Crippen LogP contribution in [0.3, 0.4) is 0 Å². The van der Waals surface area contributed by atoms with Gasteiger partial charge in [-0.1, -0.05) is 19.0 Å². The number of hydrogen-bond donors (Lipinski definition) is 1. The number of amides is 2. The van der Waals surface area contributed by atoms with Gasteiger partial charge in [0.1, 0.15) is 11.9 Å². The molecule has 7 nitrogen and oxygen atoms in total. The summed E-state index contributed by atoms with van der Waals surface area (Å²) in [6, 6.07) is 6.73. The second kappa shape index (κ2) is 9.81. The summed E-state index contributed by atoms with van der Waals surface area (Å²) in [5.74, 6) is 0.309. The smallest absolute Gasteiger partial charge is 0.276 e. The lowest BCUT2D eigenvalue weighted by molar-refractivity contribution is -0.131. The molecule has 0 spiro atoms. The molecule has 172 valence electrons. The lowest BCUT2D eigenvalue weighted by Crippen LogP contribution is -2.63. The highest BCUT2D eigenvalue weighted by Crippen LogP contribution is 2.27. The first-order valence-electron chi connectivity index (χ1n) is 11.3. The number of halogens is 1. The third-order valence-electron chi connectivity index (χ3n) is 6.37. The van der Waals surface area contributed by atoms with Crippen molar-refractivity contribution < 1.29 is 23.2 Å². The number of aromatic nitrogens is 1. The van der Waals surface area contributed by atoms with E-state index in [1.54, 1.807) is 23.1 Å². The van der Waals surface area contributed by atoms with Gasteiger partial charge in [-0.3, -0.25) is 9.59 Å². The van der Waals surface area contributed by atoms with E-state index in [1.807, 2.05) is 0 Å². The fourth-order valence-electron chi connectivity index (χ4n) is 4.47. The Balaban J connectivity index is 1.56. The average molecular weight is 444 g/mol. The van der Waals surface area contributed by atoms with E-state index in [0.717, 1.165) is 19.3 Å². The van der Waals surface area contributed by atoms with Crippen LogP contribution in [-0.2, 0) is 9.53 Å². The Morgan fingerprint density at radius 1 is 1.25 bits per heavy atom. The van der Waals surface area contributed by atoms with Crippen LogP contribution < -0.4 is 5.32 Å². The number of hydrogen-bond acceptors (Lipinski definition) is 5. The molecule has 1 aromatic carbocycles. The number of carbonyl (C=O) groups excluding carboxylic acids is 2. The van der Waals surface area contributed by atoms with Gasteiger partial charge in [-0.2, -0.15) is 0 Å². The van der Waals surface area contributed by atoms with Crippen LogP contribution in [0.5, 0.6) is 0 Å². The van der Waals surface area contributed by atoms with Crippen LogP contribution in [0.4, 0.5) is 4.39 Å². The summed E-state index contributed by atoms with van der Waals surface area (Å²) in [5, 5.41) is 7.14. The monoisotopic (exact) mass is 443 g/mol. The third-order valence-corrected chi connectivity index (χ3v) is 6.37. The molecule has 32 heavy (non-hydrogen) atoms. The zero-order valence-electron chi connectivity index (χ0n) is 18.6. The number of piperazine rings is 1. The molecular weight excluding hydrogens is 413 g/mol. The molecule has 4 rings (SSSR count). The van der Waals surface area contributed by atoms with Crippen LogP contribution in [0, 0.1) is 17.7 Å². The predicted molar refractivity (Wildman–Crippen MR) is 116 cm³/mol. The van der Waals surface area contributed by atoms with Crippen LogP contribution in [-0.4, -0.2) is 53.7 Å². The first kappa shape index (κ1) is 22.5. The molecular formula is C24H30FN3O4. The molecule has 2 unspecified atom stereocenters. The topological polar surface area (TPSA) is 84.7 Å². The zero-order chi connectivity index (χ0) is 22.7. The van der Waals surface area contributed by atoms with Gasteiger partial charge in [0.2, 0.25) is 5.91 Å². The lowest BCUT2D eigenvalue weighted by atomic mass is 9.88. The number of nitrogens with zero attached hydrogens (tertiary/aromatic N) is 2. The molecule has 3 heterocycles. The van der Waals surface area contributed by atoms with Crippen molar-refractivity contribution in [1.29, 1.82) is 0 Å². The molecule has 2 aliphatic rings. The summed E-state index contributed by atoms with van der Waals surface area (Å²) in [7, 11) is 0. The van der Waals surface area contributed by atoms with E-state index in [9.17, 15) is 14.0 Å². The highest BCUT2D eigenvalue weighted by molar-refractivity contribution is 5.97. The van der Waals surface area contributed by atoms with Gasteiger partial charge in [-0.15, -0.1) is 0 Å². The fraction of sp³-hybridized carbons (Fsp3) is 0.542. The maximum Gasteiger partial charge on any atom is 0.276 e. The first-order valence-corrected chi connectivity index (χ1v) is 11.3. The van der Waals surface area contributed by atoms with Gasteiger partial charge in [0.05, 0.1) is 0 Å². The Morgan fingerprint density at radius 3 is 2.66 bits per heavy atom. The molecule has 0 bridgehead atoms. The summed E-state index contributed by atoms with van der Waals surface area (Å²) >= 11 is 0. The Bertz CT molecular complexity index is 937. The fourth-order valence-corrected chi connectivity index (χ4v) is 4.47. The molecule has 1 aromatic heterocycles. The molecule has 2 fully saturated rings. The average Bonchev–Trinajstić information content (AvgIpc) is 3.28. The highest BCUT2D eigenvalue weighted by atomic mass is 19.1. The van der Waals surface area contributed by atoms with Crippen molar-refractivity contribution in [2.24, 2.45) is 11.8 Å². The van der Waals surface area contributed by atoms with Crippen molar-refractivity contribution in [2.45, 2.75) is 51.6 Å². The Morgan fingerprint density at radius 2 is 1.97 bits per heavy atom. The van der Waals surface area contributed by atoms with Gasteiger partial charge in [0.25, 0.3) is 5.91 Å². The van der Waals surface area contributed by atoms with Crippen LogP contribution in [0.1, 0.15) is 50.0 Å². The summed E-state index contributed by atoms with van der Waals surface area (Å²) in [6.45, 7) is 5.99. The van der Waals surface area contributed by atoms with Gasteiger partial charge in [0, 0.05) is 37.4 Å². The second-order valence-corrected chi connectivity index (χ2v) is 9.09. The molecule has 2 aliphatic heterocycles. The maximum atomic E-state index is 13.5. The van der Waals surface area contributed by atoms with E-state index in [-0.39, 0.29) is 35.3 Å². The summed E-state index contributed by atoms with van der Waals surface area (Å²) in [6.07, 6.45) is 3.16. The number of benzene rings is 1. The zero-order valence-corrected chi connectivity index (χ0v) is 18.6. The van der Waals surface area contributed by atoms with E-state index in [4.69, 9.17) is 9.26 Å². The molecule has 1 N–H and O–H groups in total. The van der Waals surface area contributed by atoms with Gasteiger partial charge < -0.3 is 19.5 Å². The Labute approximate surface area is 187 Å². The second-order valence-electron chi connectivity index (χ2n) is 9.09. The predicted octanol–water partition coefficient (Wildman–Crippen LogP) is 3.65. The van der Waals surface area contributed by atoms with E-state index < -0.39 is 6.04 Å². The van der Waals surface area contributed by atoms with Crippen LogP contribution >= 0.6 is 0 Å². The summed E-state index contributed by atoms with van der Waals surface area (Å²) in [4.78, 5) is 28.2. The molecule has 0 aliphatic carbocycles. The normalized spacial score (nSPS) is 22.2. The quantitative estimate of drug-likeness (QED) is 0.737. The van der Waals surface area contributed by atoms with Crippen molar-refractivity contribution in [3.63, 3.8) is 0 Å². The number of rotatable bonds is 6. The van der Waals surface area contributed by atoms with Crippen molar-refractivity contribution in [3.05, 3.63) is 41.8 Å². The SMILES string of the molecule is CC(C)CCC1C(=O)NC(C2CCOCC2)CN1C(=O)c1cc(-c2ccc(F)cc2)on1. The number of nitrogens with one attached hydrogen (secondary N) is 1. The minimum absolute atomic E-state index is 0.103. The van der Waals surface area contributed by atoms with Crippen LogP contribution in [0.2, 0.25) is 0 Å². The third kappa shape index (κ3) is 5.01. The largest absolute Gasteiger partial charge is 0.381 e. The molecule has 2 amide bonds. The van der Waals surface area contributed by atoms with Gasteiger partial charge >= 0.3 is 0 Å². The van der Waals surface area contributed by atoms with Crippen molar-refractivity contribution in [2.75, 3.05) is 19.8 Å². The summed E-state index contributed by atoms with van der Waals surface area (Å²) in [5.41, 5.74) is 0.782. The van der Waals surface area contributed by atoms with Crippen molar-refractivity contribution in [1.82, 2.24) is 15.4 Å². The van der Waals surface area contributed by atoms with E-state index in [1.165, 1.54) is 12.1 Å².